The van der Waals surface area contributed by atoms with Crippen LogP contribution >= 0.6 is 11.6 Å². The molecule has 0 aliphatic carbocycles. The Morgan fingerprint density at radius 1 is 1.78 bits per heavy atom. The third-order valence-corrected chi connectivity index (χ3v) is 1.25. The van der Waals surface area contributed by atoms with Gasteiger partial charge in [0.15, 0.2) is 5.78 Å². The third kappa shape index (κ3) is 3.46. The topological polar surface area (TPSA) is 63.3 Å². The summed E-state index contributed by atoms with van der Waals surface area (Å²) in [5.41, 5.74) is 5.24. The van der Waals surface area contributed by atoms with Gasteiger partial charge in [-0.1, -0.05) is 0 Å². The van der Waals surface area contributed by atoms with E-state index in [1.165, 1.54) is 0 Å². The fourth-order valence-electron chi connectivity index (χ4n) is 0.399. The molecular formula is C5H10ClNO2. The van der Waals surface area contributed by atoms with Crippen molar-refractivity contribution in [2.75, 3.05) is 12.5 Å². The molecule has 0 spiro atoms. The minimum atomic E-state index is -0.590. The lowest BCUT2D eigenvalue weighted by Gasteiger charge is -2.03. The SMILES string of the molecule is NC(CCO)C(=O)CCl. The van der Waals surface area contributed by atoms with Crippen LogP contribution in [0, 0.1) is 0 Å². The van der Waals surface area contributed by atoms with E-state index in [2.05, 4.69) is 0 Å². The zero-order valence-electron chi connectivity index (χ0n) is 5.01. The van der Waals surface area contributed by atoms with Gasteiger partial charge in [0.25, 0.3) is 0 Å². The van der Waals surface area contributed by atoms with E-state index in [0.29, 0.717) is 6.42 Å². The van der Waals surface area contributed by atoms with Gasteiger partial charge >= 0.3 is 0 Å². The lowest BCUT2D eigenvalue weighted by Crippen LogP contribution is -2.32. The number of rotatable bonds is 4. The van der Waals surface area contributed by atoms with Gasteiger partial charge in [-0.3, -0.25) is 4.79 Å². The fraction of sp³-hybridized carbons (Fsp3) is 0.800. The van der Waals surface area contributed by atoms with Crippen LogP contribution in [-0.2, 0) is 4.79 Å². The van der Waals surface area contributed by atoms with Gasteiger partial charge in [0, 0.05) is 6.61 Å². The number of ketones is 1. The fourth-order valence-corrected chi connectivity index (χ4v) is 0.597. The van der Waals surface area contributed by atoms with Gasteiger partial charge in [0.1, 0.15) is 0 Å². The standard InChI is InChI=1S/C5H10ClNO2/c6-3-5(9)4(7)1-2-8/h4,8H,1-3,7H2. The van der Waals surface area contributed by atoms with E-state index < -0.39 is 6.04 Å². The van der Waals surface area contributed by atoms with Crippen LogP contribution < -0.4 is 5.73 Å². The van der Waals surface area contributed by atoms with Crippen LogP contribution in [-0.4, -0.2) is 29.4 Å². The molecule has 0 fully saturated rings. The number of halogens is 1. The smallest absolute Gasteiger partial charge is 0.164 e. The summed E-state index contributed by atoms with van der Waals surface area (Å²) in [6.45, 7) is -0.0657. The van der Waals surface area contributed by atoms with Gasteiger partial charge in [0.2, 0.25) is 0 Å². The van der Waals surface area contributed by atoms with Crippen LogP contribution in [0.25, 0.3) is 0 Å². The number of hydrogen-bond donors (Lipinski definition) is 2. The van der Waals surface area contributed by atoms with Crippen LogP contribution in [0.4, 0.5) is 0 Å². The molecule has 0 radical (unpaired) electrons. The zero-order chi connectivity index (χ0) is 7.28. The second kappa shape index (κ2) is 4.73. The van der Waals surface area contributed by atoms with Crippen molar-refractivity contribution >= 4 is 17.4 Å². The van der Waals surface area contributed by atoms with E-state index >= 15 is 0 Å². The Bertz CT molecular complexity index is 97.0. The minimum Gasteiger partial charge on any atom is -0.396 e. The van der Waals surface area contributed by atoms with Crippen LogP contribution in [0.3, 0.4) is 0 Å². The van der Waals surface area contributed by atoms with E-state index in [4.69, 9.17) is 22.4 Å². The molecule has 9 heavy (non-hydrogen) atoms. The lowest BCUT2D eigenvalue weighted by molar-refractivity contribution is -0.118. The molecule has 0 aliphatic rings. The molecule has 0 rings (SSSR count). The Morgan fingerprint density at radius 3 is 2.67 bits per heavy atom. The summed E-state index contributed by atoms with van der Waals surface area (Å²) in [5, 5.41) is 8.31. The van der Waals surface area contributed by atoms with Crippen LogP contribution in [0.1, 0.15) is 6.42 Å². The highest BCUT2D eigenvalue weighted by Gasteiger charge is 2.09. The molecule has 0 aromatic heterocycles. The first-order valence-electron chi connectivity index (χ1n) is 2.67. The van der Waals surface area contributed by atoms with E-state index in [-0.39, 0.29) is 18.3 Å². The summed E-state index contributed by atoms with van der Waals surface area (Å²) in [6, 6.07) is -0.590. The molecule has 3 N–H and O–H groups in total. The third-order valence-electron chi connectivity index (χ3n) is 0.985. The van der Waals surface area contributed by atoms with E-state index in [0.717, 1.165) is 0 Å². The van der Waals surface area contributed by atoms with Gasteiger partial charge in [-0.2, -0.15) is 0 Å². The van der Waals surface area contributed by atoms with E-state index in [9.17, 15) is 4.79 Å². The first-order valence-corrected chi connectivity index (χ1v) is 3.21. The van der Waals surface area contributed by atoms with Crippen molar-refractivity contribution in [1.29, 1.82) is 0 Å². The number of carbonyl (C=O) groups excluding carboxylic acids is 1. The number of Topliss-reactive ketones (excluding diaryl/α,β-unsaturated/α-hetero) is 1. The molecule has 0 saturated heterocycles. The second-order valence-electron chi connectivity index (χ2n) is 1.72. The number of carbonyl (C=O) groups is 1. The quantitative estimate of drug-likeness (QED) is 0.533. The van der Waals surface area contributed by atoms with Crippen LogP contribution in [0.2, 0.25) is 0 Å². The molecule has 0 saturated carbocycles. The molecule has 4 heteroatoms. The van der Waals surface area contributed by atoms with Gasteiger partial charge in [0.05, 0.1) is 11.9 Å². The van der Waals surface area contributed by atoms with E-state index in [1.54, 1.807) is 0 Å². The van der Waals surface area contributed by atoms with Crippen molar-refractivity contribution in [2.45, 2.75) is 12.5 Å². The summed E-state index contributed by atoms with van der Waals surface area (Å²) in [7, 11) is 0. The average Bonchev–Trinajstić information content (AvgIpc) is 1.87. The largest absolute Gasteiger partial charge is 0.396 e. The Hall–Kier alpha value is -0.120. The van der Waals surface area contributed by atoms with Gasteiger partial charge < -0.3 is 10.8 Å². The van der Waals surface area contributed by atoms with Crippen molar-refractivity contribution in [3.05, 3.63) is 0 Å². The zero-order valence-corrected chi connectivity index (χ0v) is 5.77. The van der Waals surface area contributed by atoms with Crippen molar-refractivity contribution in [1.82, 2.24) is 0 Å². The molecule has 0 aromatic carbocycles. The first kappa shape index (κ1) is 8.88. The first-order chi connectivity index (χ1) is 4.22. The summed E-state index contributed by atoms with van der Waals surface area (Å²) >= 11 is 5.17. The minimum absolute atomic E-state index is 0.0657. The van der Waals surface area contributed by atoms with Gasteiger partial charge in [-0.05, 0) is 6.42 Å². The normalized spacial score (nSPS) is 13.2. The predicted molar refractivity (Wildman–Crippen MR) is 35.4 cm³/mol. The Morgan fingerprint density at radius 2 is 2.33 bits per heavy atom. The molecule has 1 unspecified atom stereocenters. The number of hydrogen-bond acceptors (Lipinski definition) is 3. The number of alkyl halides is 1. The summed E-state index contributed by atoms with van der Waals surface area (Å²) in [6.07, 6.45) is 0.297. The predicted octanol–water partition coefficient (Wildman–Crippen LogP) is -0.496. The average molecular weight is 152 g/mol. The highest BCUT2D eigenvalue weighted by Crippen LogP contribution is 1.90. The second-order valence-corrected chi connectivity index (χ2v) is 1.99. The number of aliphatic hydroxyl groups is 1. The molecule has 0 amide bonds. The molecule has 0 bridgehead atoms. The molecule has 0 aliphatic heterocycles. The maximum atomic E-state index is 10.5. The van der Waals surface area contributed by atoms with E-state index in [1.807, 2.05) is 0 Å². The maximum absolute atomic E-state index is 10.5. The van der Waals surface area contributed by atoms with Gasteiger partial charge in [-0.25, -0.2) is 0 Å². The molecular weight excluding hydrogens is 142 g/mol. The molecule has 0 aromatic rings. The molecule has 3 nitrogen and oxygen atoms in total. The lowest BCUT2D eigenvalue weighted by atomic mass is 10.2. The van der Waals surface area contributed by atoms with Crippen LogP contribution in [0.5, 0.6) is 0 Å². The summed E-state index contributed by atoms with van der Waals surface area (Å²) in [4.78, 5) is 10.5. The number of nitrogens with two attached hydrogens (primary N) is 1. The highest BCUT2D eigenvalue weighted by molar-refractivity contribution is 6.28. The molecule has 54 valence electrons. The van der Waals surface area contributed by atoms with Crippen molar-refractivity contribution in [2.24, 2.45) is 5.73 Å². The van der Waals surface area contributed by atoms with Crippen LogP contribution in [0.15, 0.2) is 0 Å². The summed E-state index contributed by atoms with van der Waals surface area (Å²) in [5.74, 6) is -0.285. The van der Waals surface area contributed by atoms with Gasteiger partial charge in [-0.15, -0.1) is 11.6 Å². The Labute approximate surface area is 58.8 Å². The van der Waals surface area contributed by atoms with Crippen molar-refractivity contribution in [3.8, 4) is 0 Å². The monoisotopic (exact) mass is 151 g/mol. The molecule has 1 atom stereocenters. The Balaban J connectivity index is 3.45. The number of aliphatic hydroxyl groups excluding tert-OH is 1. The maximum Gasteiger partial charge on any atom is 0.164 e. The highest BCUT2D eigenvalue weighted by atomic mass is 35.5. The van der Waals surface area contributed by atoms with Crippen molar-refractivity contribution in [3.63, 3.8) is 0 Å². The molecule has 0 heterocycles. The summed E-state index contributed by atoms with van der Waals surface area (Å²) < 4.78 is 0. The van der Waals surface area contributed by atoms with Crippen molar-refractivity contribution < 1.29 is 9.90 Å². The Kier molecular flexibility index (Phi) is 4.67.